The molecule has 5 rings (SSSR count). The summed E-state index contributed by atoms with van der Waals surface area (Å²) >= 11 is 0. The molecular formula is C44H106N8O45S6. The Labute approximate surface area is 596 Å². The zero-order chi connectivity index (χ0) is 83.6. The van der Waals surface area contributed by atoms with Gasteiger partial charge in [-0.05, 0) is 21.1 Å². The topological polar surface area (TPSA) is 873 Å². The van der Waals surface area contributed by atoms with E-state index < -0.39 is 247 Å². The fourth-order valence-electron chi connectivity index (χ4n) is 8.00. The highest BCUT2D eigenvalue weighted by atomic mass is 32.3. The first kappa shape index (κ1) is 109. The molecule has 0 radical (unpaired) electrons. The first-order valence-electron chi connectivity index (χ1n) is 29.4. The van der Waals surface area contributed by atoms with E-state index in [0.717, 1.165) is 33.0 Å². The van der Waals surface area contributed by atoms with E-state index in [4.69, 9.17) is 86.3 Å². The third-order valence-corrected chi connectivity index (χ3v) is 14.3. The van der Waals surface area contributed by atoms with Crippen molar-refractivity contribution in [1.29, 1.82) is 0 Å². The van der Waals surface area contributed by atoms with Crippen LogP contribution in [-0.2, 0) is 140 Å². The fourth-order valence-corrected chi connectivity index (χ4v) is 9.39. The summed E-state index contributed by atoms with van der Waals surface area (Å²) in [4.78, 5) is 17.0. The third kappa shape index (κ3) is 41.3. The lowest BCUT2D eigenvalue weighted by molar-refractivity contribution is -0.348. The van der Waals surface area contributed by atoms with Crippen molar-refractivity contribution >= 4 is 67.4 Å². The highest BCUT2D eigenvalue weighted by Crippen LogP contribution is 2.34. The zero-order valence-electron chi connectivity index (χ0n) is 58.7. The van der Waals surface area contributed by atoms with Crippen LogP contribution in [0.3, 0.4) is 0 Å². The van der Waals surface area contributed by atoms with E-state index in [1.807, 2.05) is 33.2 Å². The number of rotatable bonds is 23. The molecule has 0 bridgehead atoms. The van der Waals surface area contributed by atoms with Crippen molar-refractivity contribution in [3.63, 3.8) is 0 Å². The second-order valence-electron chi connectivity index (χ2n) is 18.9. The van der Waals surface area contributed by atoms with Gasteiger partial charge in [0.05, 0.1) is 63.3 Å². The molecule has 0 aromatic carbocycles. The Hall–Kier alpha value is -2.39. The number of carbonyl (C=O) groups is 1. The number of aliphatic hydroxyl groups excluding tert-OH is 10. The Morgan fingerprint density at radius 1 is 0.476 bits per heavy atom. The number of carbonyl (C=O) groups excluding carboxylic acids is 1. The number of hydrogen-bond donors (Lipinski definition) is 24. The molecule has 5 heterocycles. The van der Waals surface area contributed by atoms with E-state index in [1.54, 1.807) is 4.72 Å². The maximum atomic E-state index is 12.4. The van der Waals surface area contributed by atoms with Crippen molar-refractivity contribution in [3.8, 4) is 0 Å². The van der Waals surface area contributed by atoms with Crippen LogP contribution < -0.4 is 44.6 Å². The average molecular weight is 1660 g/mol. The fraction of sp³-hybridized carbons (Fsp3) is 0.977. The van der Waals surface area contributed by atoms with Gasteiger partial charge in [-0.2, -0.15) is 60.7 Å². The SMILES string of the molecule is CC.CC.CN.CN.CN.CNOC(=O)C1OC(OC2C(COS(=O)(=O)O)OC(OC)C(NS(=O)(=O)O)C2O)C(OS(=O)(=O)O)C(O)C1OC.CS(=O)(=O)OO.CS(=O)(=O)OO.CS(=O)(=O)OO.N[C@H]1C(O)[C@H](O)C(CO)O[C@H]1O[C@@H]1C(CO)O[C@@H](O[C@@H]2C(CO)O[C@@H](O)[C@@H](N)C2O)[C@@H](N)C1O.[2H]C. The van der Waals surface area contributed by atoms with Gasteiger partial charge in [0.25, 0.3) is 30.4 Å². The van der Waals surface area contributed by atoms with Crippen LogP contribution in [0.4, 0.5) is 0 Å². The Bertz CT molecular complexity index is 2860. The molecule has 53 nitrogen and oxygen atoms in total. The number of nitrogens with two attached hydrogens (primary N) is 6. The van der Waals surface area contributed by atoms with Crippen LogP contribution in [0.1, 0.15) is 36.5 Å². The first-order chi connectivity index (χ1) is 48.0. The van der Waals surface area contributed by atoms with Gasteiger partial charge in [0, 0.05) is 22.6 Å². The van der Waals surface area contributed by atoms with E-state index >= 15 is 0 Å². The molecule has 0 aromatic rings. The number of ether oxygens (including phenoxy) is 10. The van der Waals surface area contributed by atoms with Gasteiger partial charge in [-0.1, -0.05) is 35.1 Å². The molecule has 0 aromatic heterocycles. The Morgan fingerprint density at radius 2 is 0.835 bits per heavy atom. The third-order valence-electron chi connectivity index (χ3n) is 12.1. The second-order valence-corrected chi connectivity index (χ2v) is 26.9. The minimum absolute atomic E-state index is 0.651. The molecule has 0 amide bonds. The van der Waals surface area contributed by atoms with Gasteiger partial charge >= 0.3 is 37.1 Å². The predicted octanol–water partition coefficient (Wildman–Crippen LogP) is -13.3. The lowest BCUT2D eigenvalue weighted by Gasteiger charge is -2.48. The van der Waals surface area contributed by atoms with E-state index in [0.29, 0.717) is 0 Å². The van der Waals surface area contributed by atoms with Crippen molar-refractivity contribution in [2.24, 2.45) is 34.4 Å². The summed E-state index contributed by atoms with van der Waals surface area (Å²) in [6, 6.07) is -5.79. The molecule has 0 spiro atoms. The summed E-state index contributed by atoms with van der Waals surface area (Å²) in [5.74, 6) is -1.26. The first-order valence-corrected chi connectivity index (χ1v) is 38.0. The van der Waals surface area contributed by atoms with E-state index in [2.05, 4.69) is 43.4 Å². The van der Waals surface area contributed by atoms with Gasteiger partial charge in [-0.15, -0.1) is 13.0 Å². The Kier molecular flexibility index (Phi) is 57.5. The lowest BCUT2D eigenvalue weighted by atomic mass is 9.94. The smallest absolute Gasteiger partial charge is 0.394 e. The molecular weight excluding hydrogens is 1550 g/mol. The molecule has 628 valence electrons. The van der Waals surface area contributed by atoms with E-state index in [9.17, 15) is 115 Å². The van der Waals surface area contributed by atoms with E-state index in [-0.39, 0.29) is 0 Å². The minimum Gasteiger partial charge on any atom is -0.394 e. The lowest BCUT2D eigenvalue weighted by Crippen LogP contribution is -2.69. The summed E-state index contributed by atoms with van der Waals surface area (Å²) in [6.45, 7) is 4.84. The highest BCUT2D eigenvalue weighted by Gasteiger charge is 2.57. The van der Waals surface area contributed by atoms with Crippen molar-refractivity contribution in [2.75, 3.05) is 87.6 Å². The van der Waals surface area contributed by atoms with Gasteiger partial charge in [-0.3, -0.25) is 13.7 Å². The van der Waals surface area contributed by atoms with Crippen LogP contribution in [0.25, 0.3) is 0 Å². The molecule has 16 unspecified atom stereocenters. The number of aliphatic hydroxyl groups is 10. The van der Waals surface area contributed by atoms with Crippen LogP contribution >= 0.6 is 0 Å². The maximum Gasteiger partial charge on any atom is 0.397 e. The summed E-state index contributed by atoms with van der Waals surface area (Å²) < 4.78 is 231. The van der Waals surface area contributed by atoms with Crippen LogP contribution in [0.15, 0.2) is 0 Å². The second kappa shape index (κ2) is 54.3. The summed E-state index contributed by atoms with van der Waals surface area (Å²) in [5.41, 5.74) is 33.1. The number of hydrogen-bond acceptors (Lipinski definition) is 49. The van der Waals surface area contributed by atoms with Crippen LogP contribution in [-0.4, -0.2) is 378 Å². The Morgan fingerprint density at radius 3 is 1.18 bits per heavy atom. The largest absolute Gasteiger partial charge is 0.397 e. The normalized spacial score (nSPS) is 33.6. The van der Waals surface area contributed by atoms with Crippen molar-refractivity contribution in [3.05, 3.63) is 0 Å². The average Bonchev–Trinajstić information content (AvgIpc) is 0.777. The molecule has 59 heteroatoms. The number of methoxy groups -OCH3 is 2. The van der Waals surface area contributed by atoms with Crippen molar-refractivity contribution in [1.82, 2.24) is 10.2 Å². The molecule has 5 aliphatic heterocycles. The molecule has 5 saturated heterocycles. The minimum atomic E-state index is -5.39. The van der Waals surface area contributed by atoms with Gasteiger partial charge in [-0.25, -0.2) is 28.9 Å². The Balaban J connectivity index is -0.000000335. The number of nitrogens with one attached hydrogen (secondary N) is 2. The zero-order valence-corrected chi connectivity index (χ0v) is 62.6. The van der Waals surface area contributed by atoms with Gasteiger partial charge in [0.1, 0.15) is 91.5 Å². The summed E-state index contributed by atoms with van der Waals surface area (Å²) in [6.07, 6.45) is -32.8. The monoisotopic (exact) mass is 1660 g/mol. The van der Waals surface area contributed by atoms with Gasteiger partial charge < -0.3 is 138 Å². The number of hydroxylamine groups is 1. The quantitative estimate of drug-likeness (QED) is 0.0257. The summed E-state index contributed by atoms with van der Waals surface area (Å²) in [5, 5.41) is 123. The molecule has 5 fully saturated rings. The molecule has 0 aliphatic carbocycles. The molecule has 25 atom stereocenters. The van der Waals surface area contributed by atoms with E-state index in [1.165, 1.54) is 35.6 Å². The maximum absolute atomic E-state index is 12.4. The van der Waals surface area contributed by atoms with Crippen LogP contribution in [0.5, 0.6) is 0 Å². The van der Waals surface area contributed by atoms with Crippen LogP contribution in [0, 0.1) is 0 Å². The van der Waals surface area contributed by atoms with Gasteiger partial charge in [0.15, 0.2) is 43.7 Å². The molecule has 103 heavy (non-hydrogen) atoms. The van der Waals surface area contributed by atoms with Gasteiger partial charge in [0.2, 0.25) is 0 Å². The standard InChI is InChI=1S/C18H35N3O13.C15H28N2O20S3.2C2H6.3CH5N.3CH4O4S.CH4/c19-7-12(27)14(5(2-23)30-16(7)29)33-18-9(21)13(28)15(6(3-24)32-18)34-17-8(20)11(26)10(25)4(1-22)31-17;1-16-36-13(20)12-10(30-2)8(19)11(37-40(27,28)29)15(35-12)34-9-5(4-32-39(24,25)26)33-14(31-3)6(7(9)18)17-38(21,22)23;5*1-2;3*1-6(3,4)5-2;/h4-18,22-29H,1-3,19-21H2;5-12,14-19H,4H2,1-3H3,(H,21,22,23)(H,24,25,26)(H,27,28,29);2*1-2H3;3*2H2,1H3;3*2H,1H3;1H4/t4?,5?,6?,7-,8-,9-,10+,11?,12?,13?,14+,15+,16+,17-,18-;;;;;;;;;;/m0........../s1/i;;;;;;;;;;1D. The molecule has 0 saturated carbocycles. The predicted molar refractivity (Wildman–Crippen MR) is 342 cm³/mol. The van der Waals surface area contributed by atoms with Crippen molar-refractivity contribution < 1.29 is 211 Å². The van der Waals surface area contributed by atoms with Crippen molar-refractivity contribution in [2.45, 2.75) is 188 Å². The summed E-state index contributed by atoms with van der Waals surface area (Å²) in [7, 11) is -17.6. The highest BCUT2D eigenvalue weighted by molar-refractivity contribution is 7.86. The van der Waals surface area contributed by atoms with Crippen LogP contribution in [0.2, 0.25) is 0 Å². The molecule has 5 aliphatic rings. The molecule has 30 N–H and O–H groups in total.